The Morgan fingerprint density at radius 3 is 1.00 bits per heavy atom. The summed E-state index contributed by atoms with van der Waals surface area (Å²) in [6.45, 7) is 0. The third-order valence-corrected chi connectivity index (χ3v) is 3.98. The van der Waals surface area contributed by atoms with Crippen molar-refractivity contribution >= 4 is 0 Å². The van der Waals surface area contributed by atoms with Crippen LogP contribution in [0.25, 0.3) is 22.3 Å². The molecule has 4 aromatic heterocycles. The second kappa shape index (κ2) is 12.1. The zero-order valence-electron chi connectivity index (χ0n) is 15.8. The Hall–Kier alpha value is -2.44. The standard InChI is InChI=1S/C12H14N2.C10H8N2.2BrH/c1-13-7-3-11(4-8-13)12-5-9-14(2)10-6-12;1-5-11-6-2-9(1)10-3-7-12-8-4-10;;/h3-10H,1-2H3;1-8H;2*1H/q+2;;;/p-2. The molecule has 0 saturated carbocycles. The Kier molecular flexibility index (Phi) is 10.2. The summed E-state index contributed by atoms with van der Waals surface area (Å²) in [5.74, 6) is 0. The van der Waals surface area contributed by atoms with Crippen LogP contribution in [0, 0.1) is 0 Å². The Morgan fingerprint density at radius 2 is 0.714 bits per heavy atom. The predicted octanol–water partition coefficient (Wildman–Crippen LogP) is -2.85. The zero-order valence-corrected chi connectivity index (χ0v) is 19.0. The average molecular weight is 502 g/mol. The largest absolute Gasteiger partial charge is 1.00 e. The highest BCUT2D eigenvalue weighted by atomic mass is 79.9. The minimum atomic E-state index is 0. The van der Waals surface area contributed by atoms with Gasteiger partial charge in [0, 0.05) is 49.1 Å². The van der Waals surface area contributed by atoms with Crippen molar-refractivity contribution < 1.29 is 43.1 Å². The molecule has 0 aliphatic carbocycles. The summed E-state index contributed by atoms with van der Waals surface area (Å²) in [7, 11) is 4.05. The maximum absolute atomic E-state index is 3.96. The van der Waals surface area contributed by atoms with Gasteiger partial charge in [0.15, 0.2) is 24.8 Å². The van der Waals surface area contributed by atoms with Crippen LogP contribution in [-0.2, 0) is 14.1 Å². The van der Waals surface area contributed by atoms with Gasteiger partial charge in [0.2, 0.25) is 0 Å². The van der Waals surface area contributed by atoms with Crippen LogP contribution < -0.4 is 43.1 Å². The van der Waals surface area contributed by atoms with Gasteiger partial charge in [0.1, 0.15) is 14.1 Å². The third kappa shape index (κ3) is 6.94. The van der Waals surface area contributed by atoms with Gasteiger partial charge in [-0.1, -0.05) is 0 Å². The first-order valence-corrected chi connectivity index (χ1v) is 8.44. The highest BCUT2D eigenvalue weighted by molar-refractivity contribution is 5.62. The molecule has 4 rings (SSSR count). The van der Waals surface area contributed by atoms with Gasteiger partial charge in [-0.3, -0.25) is 9.97 Å². The summed E-state index contributed by atoms with van der Waals surface area (Å²) >= 11 is 0. The van der Waals surface area contributed by atoms with Crippen LogP contribution in [0.3, 0.4) is 0 Å². The lowest BCUT2D eigenvalue weighted by Crippen LogP contribution is -3.00. The van der Waals surface area contributed by atoms with Crippen LogP contribution in [0.4, 0.5) is 0 Å². The zero-order chi connectivity index (χ0) is 18.2. The van der Waals surface area contributed by atoms with Gasteiger partial charge in [-0.25, -0.2) is 9.13 Å². The first-order valence-electron chi connectivity index (χ1n) is 8.44. The van der Waals surface area contributed by atoms with Gasteiger partial charge >= 0.3 is 0 Å². The van der Waals surface area contributed by atoms with E-state index in [4.69, 9.17) is 0 Å². The van der Waals surface area contributed by atoms with Crippen molar-refractivity contribution in [2.45, 2.75) is 0 Å². The average Bonchev–Trinajstić information content (AvgIpc) is 2.71. The van der Waals surface area contributed by atoms with Gasteiger partial charge in [0.25, 0.3) is 0 Å². The van der Waals surface area contributed by atoms with Gasteiger partial charge in [0.05, 0.1) is 0 Å². The molecule has 0 unspecified atom stereocenters. The quantitative estimate of drug-likeness (QED) is 0.277. The first kappa shape index (κ1) is 23.6. The van der Waals surface area contributed by atoms with E-state index in [1.807, 2.05) is 47.5 Å². The minimum absolute atomic E-state index is 0. The smallest absolute Gasteiger partial charge is 0.169 e. The van der Waals surface area contributed by atoms with Crippen LogP contribution in [0.1, 0.15) is 0 Å². The van der Waals surface area contributed by atoms with Gasteiger partial charge < -0.3 is 34.0 Å². The summed E-state index contributed by atoms with van der Waals surface area (Å²) in [6, 6.07) is 16.4. The lowest BCUT2D eigenvalue weighted by atomic mass is 10.1. The second-order valence-electron chi connectivity index (χ2n) is 5.98. The van der Waals surface area contributed by atoms with Crippen LogP contribution in [0.5, 0.6) is 0 Å². The molecule has 0 atom stereocenters. The van der Waals surface area contributed by atoms with E-state index in [1.165, 1.54) is 22.3 Å². The summed E-state index contributed by atoms with van der Waals surface area (Å²) in [5.41, 5.74) is 4.85. The fraction of sp³-hybridized carbons (Fsp3) is 0.0909. The molecule has 144 valence electrons. The van der Waals surface area contributed by atoms with Crippen LogP contribution in [0.15, 0.2) is 98.1 Å². The van der Waals surface area contributed by atoms with E-state index >= 15 is 0 Å². The second-order valence-corrected chi connectivity index (χ2v) is 5.98. The number of hydrogen-bond acceptors (Lipinski definition) is 2. The lowest BCUT2D eigenvalue weighted by molar-refractivity contribution is -0.671. The van der Waals surface area contributed by atoms with E-state index in [9.17, 15) is 0 Å². The number of halogens is 2. The van der Waals surface area contributed by atoms with Gasteiger partial charge in [-0.2, -0.15) is 0 Å². The van der Waals surface area contributed by atoms with Crippen LogP contribution >= 0.6 is 0 Å². The molecule has 4 heterocycles. The molecule has 0 aliphatic heterocycles. The van der Waals surface area contributed by atoms with E-state index in [0.717, 1.165) is 0 Å². The van der Waals surface area contributed by atoms with Crippen molar-refractivity contribution in [3.63, 3.8) is 0 Å². The van der Waals surface area contributed by atoms with E-state index in [2.05, 4.69) is 59.0 Å². The van der Waals surface area contributed by atoms with E-state index in [-0.39, 0.29) is 34.0 Å². The van der Waals surface area contributed by atoms with E-state index < -0.39 is 0 Å². The highest BCUT2D eigenvalue weighted by Gasteiger charge is 2.00. The van der Waals surface area contributed by atoms with Gasteiger partial charge in [-0.05, 0) is 46.5 Å². The molecule has 0 bridgehead atoms. The topological polar surface area (TPSA) is 33.5 Å². The first-order chi connectivity index (χ1) is 12.7. The van der Waals surface area contributed by atoms with E-state index in [1.54, 1.807) is 24.8 Å². The summed E-state index contributed by atoms with van der Waals surface area (Å²) in [6.07, 6.45) is 15.4. The minimum Gasteiger partial charge on any atom is -1.00 e. The fourth-order valence-corrected chi connectivity index (χ4v) is 2.48. The molecule has 0 saturated heterocycles. The molecular weight excluding hydrogens is 480 g/mol. The van der Waals surface area contributed by atoms with Gasteiger partial charge in [-0.15, -0.1) is 0 Å². The van der Waals surface area contributed by atoms with Crippen molar-refractivity contribution in [1.29, 1.82) is 0 Å². The molecule has 0 N–H and O–H groups in total. The summed E-state index contributed by atoms with van der Waals surface area (Å²) in [5, 5.41) is 0. The lowest BCUT2D eigenvalue weighted by Gasteiger charge is -1.97. The highest BCUT2D eigenvalue weighted by Crippen LogP contribution is 2.16. The molecule has 0 aliphatic rings. The van der Waals surface area contributed by atoms with E-state index in [0.29, 0.717) is 0 Å². The normalized spacial score (nSPS) is 9.21. The Balaban J connectivity index is 0.000000264. The number of aromatic nitrogens is 4. The Morgan fingerprint density at radius 1 is 0.464 bits per heavy atom. The monoisotopic (exact) mass is 500 g/mol. The van der Waals surface area contributed by atoms with Crippen molar-refractivity contribution in [1.82, 2.24) is 9.97 Å². The maximum atomic E-state index is 3.96. The molecule has 0 fully saturated rings. The van der Waals surface area contributed by atoms with Crippen LogP contribution in [-0.4, -0.2) is 9.97 Å². The summed E-state index contributed by atoms with van der Waals surface area (Å²) < 4.78 is 4.07. The van der Waals surface area contributed by atoms with Crippen molar-refractivity contribution in [2.75, 3.05) is 0 Å². The molecule has 4 aromatic rings. The van der Waals surface area contributed by atoms with Crippen molar-refractivity contribution in [3.05, 3.63) is 98.1 Å². The molecule has 6 heteroatoms. The molecule has 0 amide bonds. The molecule has 0 aromatic carbocycles. The fourth-order valence-electron chi connectivity index (χ4n) is 2.48. The number of pyridine rings is 4. The third-order valence-electron chi connectivity index (χ3n) is 3.98. The molecule has 0 radical (unpaired) electrons. The van der Waals surface area contributed by atoms with Crippen LogP contribution in [0.2, 0.25) is 0 Å². The van der Waals surface area contributed by atoms with Crippen molar-refractivity contribution in [2.24, 2.45) is 14.1 Å². The number of nitrogens with zero attached hydrogens (tertiary/aromatic N) is 4. The summed E-state index contributed by atoms with van der Waals surface area (Å²) in [4.78, 5) is 7.91. The number of aryl methyl sites for hydroxylation is 2. The number of hydrogen-bond donors (Lipinski definition) is 0. The number of rotatable bonds is 2. The maximum Gasteiger partial charge on any atom is 0.169 e. The Bertz CT molecular complexity index is 849. The Labute approximate surface area is 187 Å². The molecule has 0 spiro atoms. The SMILES string of the molecule is C[n+]1ccc(-c2cc[n+](C)cc2)cc1.[Br-].[Br-].c1cc(-c2ccncc2)ccn1. The molecular formula is C22H22Br2N4. The predicted molar refractivity (Wildman–Crippen MR) is 102 cm³/mol. The molecule has 4 nitrogen and oxygen atoms in total. The molecule has 28 heavy (non-hydrogen) atoms. The van der Waals surface area contributed by atoms with Crippen molar-refractivity contribution in [3.8, 4) is 22.3 Å².